The number of aromatic nitrogens is 2. The number of hydrogen-bond donors (Lipinski definition) is 0. The number of carbonyl (C=O) groups excluding carboxylic acids is 1. The summed E-state index contributed by atoms with van der Waals surface area (Å²) in [5.74, 6) is -0.498. The minimum absolute atomic E-state index is 0.0758. The summed E-state index contributed by atoms with van der Waals surface area (Å²) < 4.78 is 27.2. The van der Waals surface area contributed by atoms with Gasteiger partial charge in [0.05, 0.1) is 19.8 Å². The summed E-state index contributed by atoms with van der Waals surface area (Å²) in [7, 11) is 1.63. The van der Waals surface area contributed by atoms with Gasteiger partial charge in [-0.3, -0.25) is 0 Å². The molecule has 8 nitrogen and oxygen atoms in total. The first-order valence-corrected chi connectivity index (χ1v) is 7.48. The standard InChI is InChI=1S/C12H16N2O6S/c1-3-17-11(15)10-13-14-12(21-10)20-7-5-19-8-6(16-2)4-18-9(7)8/h6-9H,3-5H2,1-2H3/t6-,7-,8-,9-/m1/s1. The fourth-order valence-corrected chi connectivity index (χ4v) is 3.04. The molecule has 2 aliphatic rings. The zero-order chi connectivity index (χ0) is 14.8. The molecule has 116 valence electrons. The maximum atomic E-state index is 11.5. The predicted octanol–water partition coefficient (Wildman–Crippen LogP) is 0.275. The Balaban J connectivity index is 1.61. The monoisotopic (exact) mass is 316 g/mol. The quantitative estimate of drug-likeness (QED) is 0.715. The smallest absolute Gasteiger partial charge is 0.369 e. The van der Waals surface area contributed by atoms with E-state index in [0.29, 0.717) is 25.0 Å². The molecule has 1 aromatic heterocycles. The molecule has 1 aromatic rings. The van der Waals surface area contributed by atoms with Crippen LogP contribution in [-0.4, -0.2) is 67.5 Å². The van der Waals surface area contributed by atoms with Crippen LogP contribution in [0.15, 0.2) is 0 Å². The molecule has 2 aliphatic heterocycles. The van der Waals surface area contributed by atoms with Gasteiger partial charge in [0.1, 0.15) is 18.3 Å². The first-order chi connectivity index (χ1) is 10.2. The molecule has 0 aliphatic carbocycles. The Labute approximate surface area is 125 Å². The Morgan fingerprint density at radius 1 is 1.29 bits per heavy atom. The topological polar surface area (TPSA) is 89.0 Å². The van der Waals surface area contributed by atoms with Gasteiger partial charge in [-0.05, 0) is 18.3 Å². The van der Waals surface area contributed by atoms with Crippen LogP contribution in [0, 0.1) is 0 Å². The number of hydrogen-bond acceptors (Lipinski definition) is 9. The van der Waals surface area contributed by atoms with E-state index in [2.05, 4.69) is 10.2 Å². The Hall–Kier alpha value is -1.29. The summed E-state index contributed by atoms with van der Waals surface area (Å²) in [6.45, 7) is 2.90. The van der Waals surface area contributed by atoms with Crippen LogP contribution in [0.4, 0.5) is 0 Å². The average molecular weight is 316 g/mol. The van der Waals surface area contributed by atoms with Crippen LogP contribution in [0.25, 0.3) is 0 Å². The number of fused-ring (bicyclic) bond motifs is 1. The first-order valence-electron chi connectivity index (χ1n) is 6.66. The van der Waals surface area contributed by atoms with Crippen LogP contribution in [-0.2, 0) is 18.9 Å². The summed E-state index contributed by atoms with van der Waals surface area (Å²) in [6.07, 6.45) is -0.673. The van der Waals surface area contributed by atoms with Crippen molar-refractivity contribution in [2.24, 2.45) is 0 Å². The summed E-state index contributed by atoms with van der Waals surface area (Å²) in [5.41, 5.74) is 0. The van der Waals surface area contributed by atoms with Gasteiger partial charge in [0.15, 0.2) is 6.10 Å². The summed E-state index contributed by atoms with van der Waals surface area (Å²) in [5, 5.41) is 8.07. The van der Waals surface area contributed by atoms with Gasteiger partial charge in [-0.2, -0.15) is 0 Å². The highest BCUT2D eigenvalue weighted by molar-refractivity contribution is 7.14. The molecule has 21 heavy (non-hydrogen) atoms. The van der Waals surface area contributed by atoms with Gasteiger partial charge >= 0.3 is 5.97 Å². The molecule has 0 saturated carbocycles. The number of nitrogens with zero attached hydrogens (tertiary/aromatic N) is 2. The summed E-state index contributed by atoms with van der Waals surface area (Å²) in [4.78, 5) is 11.5. The highest BCUT2D eigenvalue weighted by Crippen LogP contribution is 2.31. The predicted molar refractivity (Wildman–Crippen MR) is 70.6 cm³/mol. The normalized spacial score (nSPS) is 31.1. The van der Waals surface area contributed by atoms with Crippen molar-refractivity contribution < 1.29 is 28.5 Å². The van der Waals surface area contributed by atoms with E-state index in [9.17, 15) is 4.79 Å². The van der Waals surface area contributed by atoms with Gasteiger partial charge in [0, 0.05) is 7.11 Å². The molecule has 4 atom stereocenters. The lowest BCUT2D eigenvalue weighted by molar-refractivity contribution is -0.0139. The lowest BCUT2D eigenvalue weighted by Crippen LogP contribution is -2.35. The maximum Gasteiger partial charge on any atom is 0.369 e. The zero-order valence-corrected chi connectivity index (χ0v) is 12.5. The molecule has 0 amide bonds. The van der Waals surface area contributed by atoms with E-state index in [0.717, 1.165) is 11.3 Å². The average Bonchev–Trinajstić information content (AvgIpc) is 3.17. The van der Waals surface area contributed by atoms with Crippen molar-refractivity contribution in [3.63, 3.8) is 0 Å². The maximum absolute atomic E-state index is 11.5. The number of esters is 1. The van der Waals surface area contributed by atoms with E-state index in [1.807, 2.05) is 0 Å². The Morgan fingerprint density at radius 2 is 2.00 bits per heavy atom. The van der Waals surface area contributed by atoms with Crippen molar-refractivity contribution in [1.29, 1.82) is 0 Å². The van der Waals surface area contributed by atoms with E-state index in [1.165, 1.54) is 0 Å². The van der Waals surface area contributed by atoms with Gasteiger partial charge in [-0.15, -0.1) is 5.10 Å². The molecule has 0 N–H and O–H groups in total. The molecular formula is C12H16N2O6S. The van der Waals surface area contributed by atoms with Gasteiger partial charge in [0.2, 0.25) is 5.01 Å². The number of rotatable bonds is 5. The molecule has 0 spiro atoms. The van der Waals surface area contributed by atoms with E-state index in [-0.39, 0.29) is 29.4 Å². The van der Waals surface area contributed by atoms with E-state index in [1.54, 1.807) is 14.0 Å². The largest absolute Gasteiger partial charge is 0.461 e. The second-order valence-electron chi connectivity index (χ2n) is 4.62. The fraction of sp³-hybridized carbons (Fsp3) is 0.750. The van der Waals surface area contributed by atoms with Crippen LogP contribution >= 0.6 is 11.3 Å². The summed E-state index contributed by atoms with van der Waals surface area (Å²) >= 11 is 1.05. The van der Waals surface area contributed by atoms with Gasteiger partial charge in [0.25, 0.3) is 5.19 Å². The van der Waals surface area contributed by atoms with E-state index in [4.69, 9.17) is 23.7 Å². The van der Waals surface area contributed by atoms with Crippen LogP contribution in [0.5, 0.6) is 5.19 Å². The highest BCUT2D eigenvalue weighted by atomic mass is 32.1. The van der Waals surface area contributed by atoms with Crippen LogP contribution in [0.1, 0.15) is 16.7 Å². The molecular weight excluding hydrogens is 300 g/mol. The van der Waals surface area contributed by atoms with Crippen molar-refractivity contribution in [3.05, 3.63) is 5.01 Å². The number of ether oxygens (including phenoxy) is 5. The minimum Gasteiger partial charge on any atom is -0.461 e. The van der Waals surface area contributed by atoms with Gasteiger partial charge in [-0.25, -0.2) is 4.79 Å². The third-order valence-corrected chi connectivity index (χ3v) is 4.17. The van der Waals surface area contributed by atoms with Crippen molar-refractivity contribution >= 4 is 17.3 Å². The molecule has 3 heterocycles. The number of carbonyl (C=O) groups is 1. The van der Waals surface area contributed by atoms with E-state index >= 15 is 0 Å². The lowest BCUT2D eigenvalue weighted by Gasteiger charge is -2.15. The molecule has 0 aromatic carbocycles. The van der Waals surface area contributed by atoms with Crippen LogP contribution in [0.2, 0.25) is 0 Å². The first kappa shape index (κ1) is 14.6. The lowest BCUT2D eigenvalue weighted by atomic mass is 10.1. The molecule has 9 heteroatoms. The molecule has 2 saturated heterocycles. The molecule has 2 fully saturated rings. The Morgan fingerprint density at radius 3 is 2.71 bits per heavy atom. The minimum atomic E-state index is -0.498. The third kappa shape index (κ3) is 2.86. The number of methoxy groups -OCH3 is 1. The summed E-state index contributed by atoms with van der Waals surface area (Å²) in [6, 6.07) is 0. The van der Waals surface area contributed by atoms with Crippen molar-refractivity contribution in [3.8, 4) is 5.19 Å². The van der Waals surface area contributed by atoms with Crippen molar-refractivity contribution in [1.82, 2.24) is 10.2 Å². The van der Waals surface area contributed by atoms with Gasteiger partial charge < -0.3 is 23.7 Å². The second-order valence-corrected chi connectivity index (χ2v) is 5.56. The SMILES string of the molecule is CCOC(=O)c1nnc(O[C@@H]2CO[C@H]3[C@@H]2OC[C@H]3OC)s1. The van der Waals surface area contributed by atoms with E-state index < -0.39 is 5.97 Å². The Bertz CT molecular complexity index is 510. The van der Waals surface area contributed by atoms with Crippen molar-refractivity contribution in [2.75, 3.05) is 26.9 Å². The molecule has 3 rings (SSSR count). The molecule has 0 radical (unpaired) electrons. The fourth-order valence-electron chi connectivity index (χ4n) is 2.39. The van der Waals surface area contributed by atoms with Gasteiger partial charge in [-0.1, -0.05) is 5.10 Å². The second kappa shape index (κ2) is 6.22. The van der Waals surface area contributed by atoms with Crippen LogP contribution < -0.4 is 4.74 Å². The Kier molecular flexibility index (Phi) is 4.34. The van der Waals surface area contributed by atoms with Crippen molar-refractivity contribution in [2.45, 2.75) is 31.3 Å². The van der Waals surface area contributed by atoms with Crippen LogP contribution in [0.3, 0.4) is 0 Å². The molecule has 0 bridgehead atoms. The molecule has 0 unspecified atom stereocenters. The highest BCUT2D eigenvalue weighted by Gasteiger charge is 2.49. The zero-order valence-electron chi connectivity index (χ0n) is 11.7. The third-order valence-electron chi connectivity index (χ3n) is 3.37.